The minimum absolute atomic E-state index is 0.0116. The molecule has 0 aromatic rings. The van der Waals surface area contributed by atoms with Crippen molar-refractivity contribution in [3.05, 3.63) is 12.2 Å². The molecule has 1 rings (SSSR count). The maximum absolute atomic E-state index is 11.1. The van der Waals surface area contributed by atoms with E-state index in [9.17, 15) is 14.4 Å². The summed E-state index contributed by atoms with van der Waals surface area (Å²) in [6, 6.07) is 0. The lowest BCUT2D eigenvalue weighted by Crippen LogP contribution is -2.17. The quantitative estimate of drug-likeness (QED) is 0.393. The summed E-state index contributed by atoms with van der Waals surface area (Å²) in [4.78, 5) is 32.7. The second kappa shape index (κ2) is 6.67. The second-order valence-corrected chi connectivity index (χ2v) is 3.37. The summed E-state index contributed by atoms with van der Waals surface area (Å²) in [7, 11) is 0. The van der Waals surface area contributed by atoms with E-state index >= 15 is 0 Å². The van der Waals surface area contributed by atoms with Gasteiger partial charge in [0.2, 0.25) is 0 Å². The monoisotopic (exact) mass is 242 g/mol. The van der Waals surface area contributed by atoms with Crippen molar-refractivity contribution >= 4 is 17.9 Å². The van der Waals surface area contributed by atoms with E-state index in [-0.39, 0.29) is 25.3 Å². The van der Waals surface area contributed by atoms with Crippen LogP contribution in [0.1, 0.15) is 19.8 Å². The van der Waals surface area contributed by atoms with Gasteiger partial charge in [0, 0.05) is 18.6 Å². The Morgan fingerprint density at radius 3 is 2.53 bits per heavy atom. The second-order valence-electron chi connectivity index (χ2n) is 3.37. The van der Waals surface area contributed by atoms with Crippen LogP contribution in [-0.4, -0.2) is 37.2 Å². The smallest absolute Gasteiger partial charge is 0.331 e. The molecular formula is C11H14O6. The van der Waals surface area contributed by atoms with Crippen LogP contribution in [0.15, 0.2) is 12.2 Å². The molecule has 0 aromatic carbocycles. The molecule has 1 aliphatic heterocycles. The van der Waals surface area contributed by atoms with E-state index in [1.165, 1.54) is 0 Å². The Bertz CT molecular complexity index is 333. The van der Waals surface area contributed by atoms with Gasteiger partial charge in [-0.25, -0.2) is 9.59 Å². The minimum atomic E-state index is -0.666. The lowest BCUT2D eigenvalue weighted by Gasteiger charge is -2.08. The third-order valence-electron chi connectivity index (χ3n) is 2.02. The molecule has 6 nitrogen and oxygen atoms in total. The fraction of sp³-hybridized carbons (Fsp3) is 0.545. The van der Waals surface area contributed by atoms with Crippen LogP contribution < -0.4 is 0 Å². The Labute approximate surface area is 98.5 Å². The van der Waals surface area contributed by atoms with Gasteiger partial charge in [-0.05, 0) is 13.3 Å². The fourth-order valence-electron chi connectivity index (χ4n) is 1.25. The van der Waals surface area contributed by atoms with Gasteiger partial charge in [0.25, 0.3) is 0 Å². The van der Waals surface area contributed by atoms with E-state index in [1.54, 1.807) is 6.92 Å². The molecule has 6 heteroatoms. The van der Waals surface area contributed by atoms with Gasteiger partial charge in [0.05, 0.1) is 6.61 Å². The number of carbonyl (C=O) groups is 3. The Hall–Kier alpha value is -1.85. The van der Waals surface area contributed by atoms with Crippen LogP contribution >= 0.6 is 0 Å². The highest BCUT2D eigenvalue weighted by Gasteiger charge is 2.24. The van der Waals surface area contributed by atoms with Gasteiger partial charge in [-0.15, -0.1) is 0 Å². The van der Waals surface area contributed by atoms with Crippen LogP contribution in [0, 0.1) is 0 Å². The molecule has 0 saturated carbocycles. The Kier molecular flexibility index (Phi) is 5.19. The van der Waals surface area contributed by atoms with Crippen molar-refractivity contribution < 1.29 is 28.6 Å². The van der Waals surface area contributed by atoms with Crippen molar-refractivity contribution in [3.63, 3.8) is 0 Å². The molecule has 1 atom stereocenters. The van der Waals surface area contributed by atoms with Crippen LogP contribution in [0.2, 0.25) is 0 Å². The van der Waals surface area contributed by atoms with Gasteiger partial charge in [0.15, 0.2) is 0 Å². The molecule has 0 aliphatic carbocycles. The van der Waals surface area contributed by atoms with Gasteiger partial charge in [-0.3, -0.25) is 4.79 Å². The number of rotatable bonds is 5. The molecule has 1 unspecified atom stereocenters. The molecule has 94 valence electrons. The van der Waals surface area contributed by atoms with Crippen molar-refractivity contribution in [1.82, 2.24) is 0 Å². The predicted octanol–water partition coefficient (Wildman–Crippen LogP) is 0.354. The fourth-order valence-corrected chi connectivity index (χ4v) is 1.25. The van der Waals surface area contributed by atoms with Gasteiger partial charge >= 0.3 is 17.9 Å². The zero-order valence-corrected chi connectivity index (χ0v) is 9.51. The zero-order valence-electron chi connectivity index (χ0n) is 9.51. The van der Waals surface area contributed by atoms with Crippen LogP contribution in [-0.2, 0) is 28.6 Å². The van der Waals surface area contributed by atoms with E-state index in [2.05, 4.69) is 4.74 Å². The summed E-state index contributed by atoms with van der Waals surface area (Å²) in [5, 5.41) is 0. The average Bonchev–Trinajstić information content (AvgIpc) is 2.70. The first kappa shape index (κ1) is 13.2. The highest BCUT2D eigenvalue weighted by Crippen LogP contribution is 2.13. The van der Waals surface area contributed by atoms with Crippen LogP contribution in [0.3, 0.4) is 0 Å². The summed E-state index contributed by atoms with van der Waals surface area (Å²) < 4.78 is 14.2. The predicted molar refractivity (Wildman–Crippen MR) is 55.8 cm³/mol. The molecule has 0 N–H and O–H groups in total. The van der Waals surface area contributed by atoms with Crippen molar-refractivity contribution in [3.8, 4) is 0 Å². The summed E-state index contributed by atoms with van der Waals surface area (Å²) in [5.41, 5.74) is 0. The molecule has 1 aliphatic rings. The van der Waals surface area contributed by atoms with Gasteiger partial charge in [-0.1, -0.05) is 0 Å². The number of hydrogen-bond donors (Lipinski definition) is 0. The number of esters is 3. The van der Waals surface area contributed by atoms with Gasteiger partial charge < -0.3 is 14.2 Å². The molecule has 0 bridgehead atoms. The lowest BCUT2D eigenvalue weighted by atomic mass is 10.2. The molecule has 1 fully saturated rings. The SMILES string of the molecule is CCOC(=O)/C=C/C(=O)OCC1CCC(=O)O1. The van der Waals surface area contributed by atoms with E-state index in [4.69, 9.17) is 9.47 Å². The first-order valence-electron chi connectivity index (χ1n) is 5.33. The van der Waals surface area contributed by atoms with Crippen LogP contribution in [0.5, 0.6) is 0 Å². The maximum atomic E-state index is 11.1. The van der Waals surface area contributed by atoms with Crippen molar-refractivity contribution in [2.45, 2.75) is 25.9 Å². The van der Waals surface area contributed by atoms with E-state index < -0.39 is 11.9 Å². The molecule has 0 aromatic heterocycles. The molecule has 1 saturated heterocycles. The Balaban J connectivity index is 2.21. The average molecular weight is 242 g/mol. The number of cyclic esters (lactones) is 1. The van der Waals surface area contributed by atoms with E-state index in [0.717, 1.165) is 12.2 Å². The topological polar surface area (TPSA) is 78.9 Å². The van der Waals surface area contributed by atoms with Crippen molar-refractivity contribution in [2.75, 3.05) is 13.2 Å². The van der Waals surface area contributed by atoms with E-state index in [1.807, 2.05) is 0 Å². The highest BCUT2D eigenvalue weighted by atomic mass is 16.6. The number of hydrogen-bond acceptors (Lipinski definition) is 6. The number of carbonyl (C=O) groups excluding carboxylic acids is 3. The Morgan fingerprint density at radius 1 is 1.35 bits per heavy atom. The minimum Gasteiger partial charge on any atom is -0.463 e. The summed E-state index contributed by atoms with van der Waals surface area (Å²) >= 11 is 0. The first-order valence-corrected chi connectivity index (χ1v) is 5.33. The largest absolute Gasteiger partial charge is 0.463 e. The third-order valence-corrected chi connectivity index (χ3v) is 2.02. The van der Waals surface area contributed by atoms with Crippen molar-refractivity contribution in [1.29, 1.82) is 0 Å². The molecule has 17 heavy (non-hydrogen) atoms. The highest BCUT2D eigenvalue weighted by molar-refractivity contribution is 5.91. The van der Waals surface area contributed by atoms with E-state index in [0.29, 0.717) is 12.8 Å². The summed E-state index contributed by atoms with van der Waals surface area (Å²) in [6.07, 6.45) is 2.50. The van der Waals surface area contributed by atoms with Gasteiger partial charge in [0.1, 0.15) is 12.7 Å². The van der Waals surface area contributed by atoms with Crippen LogP contribution in [0.25, 0.3) is 0 Å². The summed E-state index contributed by atoms with van der Waals surface area (Å²) in [5.74, 6) is -1.55. The van der Waals surface area contributed by atoms with Gasteiger partial charge in [-0.2, -0.15) is 0 Å². The Morgan fingerprint density at radius 2 is 2.00 bits per heavy atom. The normalized spacial score (nSPS) is 19.1. The molecule has 0 amide bonds. The zero-order chi connectivity index (χ0) is 12.7. The molecule has 1 heterocycles. The summed E-state index contributed by atoms with van der Waals surface area (Å²) in [6.45, 7) is 1.92. The lowest BCUT2D eigenvalue weighted by molar-refractivity contribution is -0.149. The molecule has 0 spiro atoms. The third kappa shape index (κ3) is 5.14. The standard InChI is InChI=1S/C11H14O6/c1-2-15-9(12)5-6-10(13)16-7-8-3-4-11(14)17-8/h5-6,8H,2-4,7H2,1H3/b6-5+. The van der Waals surface area contributed by atoms with Crippen molar-refractivity contribution in [2.24, 2.45) is 0 Å². The number of ether oxygens (including phenoxy) is 3. The van der Waals surface area contributed by atoms with Crippen LogP contribution in [0.4, 0.5) is 0 Å². The first-order chi connectivity index (χ1) is 8.11. The maximum Gasteiger partial charge on any atom is 0.331 e. The molecular weight excluding hydrogens is 228 g/mol. The molecule has 0 radical (unpaired) electrons.